The van der Waals surface area contributed by atoms with Crippen LogP contribution in [-0.2, 0) is 9.59 Å². The molecule has 0 bridgehead atoms. The van der Waals surface area contributed by atoms with Crippen molar-refractivity contribution in [2.75, 3.05) is 11.4 Å². The van der Waals surface area contributed by atoms with Crippen molar-refractivity contribution in [1.82, 2.24) is 15.6 Å². The molecule has 2 aromatic rings. The topological polar surface area (TPSA) is 94.6 Å². The van der Waals surface area contributed by atoms with E-state index in [1.165, 1.54) is 12.4 Å². The highest BCUT2D eigenvalue weighted by Crippen LogP contribution is 3.02. The molecule has 2 heterocycles. The van der Waals surface area contributed by atoms with Gasteiger partial charge in [-0.2, -0.15) is 0 Å². The number of benzene rings is 1. The second-order valence-corrected chi connectivity index (χ2v) is 12.0. The van der Waals surface area contributed by atoms with E-state index in [1.54, 1.807) is 12.1 Å². The maximum atomic E-state index is 13.7. The molecule has 1 aliphatic heterocycles. The minimum absolute atomic E-state index is 0.0167. The first-order valence-electron chi connectivity index (χ1n) is 12.0. The summed E-state index contributed by atoms with van der Waals surface area (Å²) in [6, 6.07) is 2.63. The molecule has 0 radical (unpaired) electrons. The number of β-amino-alcohol motifs (C(OH)–C–C–N with tert-alkyl or cyclic N) is 1. The predicted octanol–water partition coefficient (Wildman–Crippen LogP) is 4.99. The van der Waals surface area contributed by atoms with Crippen molar-refractivity contribution in [2.24, 2.45) is 0 Å². The van der Waals surface area contributed by atoms with Crippen molar-refractivity contribution in [1.29, 1.82) is 0 Å². The Balaban J connectivity index is 1.77. The summed E-state index contributed by atoms with van der Waals surface area (Å²) in [5.74, 6) is -1.26. The predicted molar refractivity (Wildman–Crippen MR) is 130 cm³/mol. The van der Waals surface area contributed by atoms with E-state index in [9.17, 15) is 34.1 Å². The van der Waals surface area contributed by atoms with Crippen LogP contribution in [0, 0.1) is 0 Å². The van der Waals surface area contributed by atoms with E-state index in [-0.39, 0.29) is 36.8 Å². The van der Waals surface area contributed by atoms with E-state index in [0.717, 1.165) is 49.1 Å². The average molecular weight is 549 g/mol. The molecule has 1 unspecified atom stereocenters. The van der Waals surface area contributed by atoms with E-state index in [4.69, 9.17) is 0 Å². The number of nitrogens with one attached hydrogen (secondary N) is 2. The Morgan fingerprint density at radius 1 is 1.05 bits per heavy atom. The summed E-state index contributed by atoms with van der Waals surface area (Å²) < 4.78 is 66.7. The second-order valence-electron chi connectivity index (χ2n) is 9.55. The molecule has 204 valence electrons. The van der Waals surface area contributed by atoms with Crippen LogP contribution in [0.5, 0.6) is 0 Å². The third-order valence-electron chi connectivity index (χ3n) is 6.66. The number of hydrogen-bond acceptors (Lipinski definition) is 5. The summed E-state index contributed by atoms with van der Waals surface area (Å²) in [5, 5.41) is 15.7. The number of nitrogens with zero attached hydrogens (tertiary/aromatic N) is 2. The van der Waals surface area contributed by atoms with Gasteiger partial charge < -0.3 is 15.7 Å². The Hall–Kier alpha value is -2.77. The molecule has 4 rings (SSSR count). The molecule has 3 atom stereocenters. The number of pyridine rings is 1. The third kappa shape index (κ3) is 6.57. The summed E-state index contributed by atoms with van der Waals surface area (Å²) in [7, 11) is -9.95. The zero-order valence-electron chi connectivity index (χ0n) is 19.8. The van der Waals surface area contributed by atoms with Gasteiger partial charge in [-0.15, -0.1) is 0 Å². The molecule has 37 heavy (non-hydrogen) atoms. The molecule has 1 aromatic heterocycles. The van der Waals surface area contributed by atoms with E-state index >= 15 is 0 Å². The standard InChI is InChI=1S/C24H29F5N4O3S/c25-37(26,27,28,29)20-10-8-18(9-11-20)33(24(36)21-13-19(34)15-31-21)22(16-5-4-12-30-14-16)23(35)32-17-6-2-1-3-7-17/h4-5,8-12,14,17,19,21-22,31,34H,1-3,6-7,13,15H2,(H,32,35)/t19-,21-,22?/m1/s1. The first kappa shape index (κ1) is 27.3. The highest BCUT2D eigenvalue weighted by molar-refractivity contribution is 8.45. The molecule has 2 amide bonds. The van der Waals surface area contributed by atoms with Gasteiger partial charge in [0.15, 0.2) is 0 Å². The number of halogens is 5. The number of rotatable bonds is 7. The Kier molecular flexibility index (Phi) is 7.01. The monoisotopic (exact) mass is 548 g/mol. The number of carbonyl (C=O) groups is 2. The normalized spacial score (nSPS) is 23.5. The molecule has 7 nitrogen and oxygen atoms in total. The lowest BCUT2D eigenvalue weighted by atomic mass is 9.94. The fourth-order valence-corrected chi connectivity index (χ4v) is 5.47. The quantitative estimate of drug-likeness (QED) is 0.424. The van der Waals surface area contributed by atoms with Crippen LogP contribution >= 0.6 is 10.2 Å². The Morgan fingerprint density at radius 2 is 1.73 bits per heavy atom. The van der Waals surface area contributed by atoms with Crippen LogP contribution < -0.4 is 15.5 Å². The largest absolute Gasteiger partial charge is 0.392 e. The van der Waals surface area contributed by atoms with Crippen molar-refractivity contribution in [3.63, 3.8) is 0 Å². The number of amides is 2. The van der Waals surface area contributed by atoms with Gasteiger partial charge in [-0.3, -0.25) is 19.5 Å². The van der Waals surface area contributed by atoms with E-state index in [2.05, 4.69) is 15.6 Å². The number of anilines is 1. The molecule has 3 N–H and O–H groups in total. The maximum Gasteiger partial charge on any atom is 0.310 e. The van der Waals surface area contributed by atoms with Crippen molar-refractivity contribution >= 4 is 27.7 Å². The molecular weight excluding hydrogens is 519 g/mol. The Bertz CT molecular complexity index is 1130. The first-order valence-corrected chi connectivity index (χ1v) is 14.0. The summed E-state index contributed by atoms with van der Waals surface area (Å²) in [4.78, 5) is 30.3. The van der Waals surface area contributed by atoms with Crippen LogP contribution in [0.1, 0.15) is 50.1 Å². The summed E-state index contributed by atoms with van der Waals surface area (Å²) in [6.45, 7) is 0.110. The van der Waals surface area contributed by atoms with Crippen LogP contribution in [-0.4, -0.2) is 46.6 Å². The molecule has 2 fully saturated rings. The van der Waals surface area contributed by atoms with Crippen molar-refractivity contribution in [3.8, 4) is 0 Å². The van der Waals surface area contributed by atoms with Crippen molar-refractivity contribution < 1.29 is 34.1 Å². The fourth-order valence-electron chi connectivity index (χ4n) is 4.82. The van der Waals surface area contributed by atoms with E-state index in [0.29, 0.717) is 5.56 Å². The van der Waals surface area contributed by atoms with Gasteiger partial charge in [0.05, 0.1) is 12.1 Å². The molecule has 1 saturated carbocycles. The third-order valence-corrected chi connectivity index (χ3v) is 7.82. The highest BCUT2D eigenvalue weighted by atomic mass is 32.5. The van der Waals surface area contributed by atoms with E-state index in [1.807, 2.05) is 0 Å². The lowest BCUT2D eigenvalue weighted by Gasteiger charge is -2.41. The zero-order valence-corrected chi connectivity index (χ0v) is 20.7. The smallest absolute Gasteiger partial charge is 0.310 e. The fraction of sp³-hybridized carbons (Fsp3) is 0.458. The first-order chi connectivity index (χ1) is 17.2. The van der Waals surface area contributed by atoms with Gasteiger partial charge in [0.1, 0.15) is 10.9 Å². The van der Waals surface area contributed by atoms with E-state index < -0.39 is 45.1 Å². The lowest BCUT2D eigenvalue weighted by molar-refractivity contribution is -0.128. The van der Waals surface area contributed by atoms with Crippen LogP contribution in [0.4, 0.5) is 25.1 Å². The molecule has 1 aromatic carbocycles. The maximum absolute atomic E-state index is 13.7. The van der Waals surface area contributed by atoms with Crippen molar-refractivity contribution in [2.45, 2.75) is 67.6 Å². The van der Waals surface area contributed by atoms with Gasteiger partial charge in [0, 0.05) is 36.2 Å². The molecule has 13 heteroatoms. The SMILES string of the molecule is O=C(NC1CCCCC1)C(c1cccnc1)N(C(=O)[C@H]1C[C@@H](O)CN1)c1ccc(S(F)(F)(F)(F)F)cc1. The van der Waals surface area contributed by atoms with Crippen LogP contribution in [0.15, 0.2) is 53.7 Å². The zero-order chi connectivity index (χ0) is 26.9. The Morgan fingerprint density at radius 3 is 2.27 bits per heavy atom. The van der Waals surface area contributed by atoms with Crippen molar-refractivity contribution in [3.05, 3.63) is 54.4 Å². The molecule has 0 spiro atoms. The average Bonchev–Trinajstić information content (AvgIpc) is 3.28. The van der Waals surface area contributed by atoms with Gasteiger partial charge in [-0.1, -0.05) is 44.8 Å². The highest BCUT2D eigenvalue weighted by Gasteiger charge is 2.65. The summed E-state index contributed by atoms with van der Waals surface area (Å²) in [6.07, 6.45) is 6.38. The summed E-state index contributed by atoms with van der Waals surface area (Å²) >= 11 is 0. The lowest BCUT2D eigenvalue weighted by Crippen LogP contribution is -2.51. The molecule has 2 aliphatic rings. The molecule has 1 saturated heterocycles. The minimum Gasteiger partial charge on any atom is -0.392 e. The van der Waals surface area contributed by atoms with Gasteiger partial charge in [0.25, 0.3) is 0 Å². The second kappa shape index (κ2) is 9.52. The molecular formula is C24H29F5N4O3S. The number of aromatic nitrogens is 1. The molecule has 1 aliphatic carbocycles. The van der Waals surface area contributed by atoms with Gasteiger partial charge >= 0.3 is 10.2 Å². The summed E-state index contributed by atoms with van der Waals surface area (Å²) in [5.41, 5.74) is 0.117. The van der Waals surface area contributed by atoms with Gasteiger partial charge in [0.2, 0.25) is 11.8 Å². The number of aliphatic hydroxyl groups excluding tert-OH is 1. The minimum atomic E-state index is -9.95. The van der Waals surface area contributed by atoms with Gasteiger partial charge in [-0.05, 0) is 49.6 Å². The number of aliphatic hydroxyl groups is 1. The van der Waals surface area contributed by atoms with Crippen LogP contribution in [0.2, 0.25) is 0 Å². The Labute approximate surface area is 211 Å². The van der Waals surface area contributed by atoms with Crippen LogP contribution in [0.3, 0.4) is 0 Å². The van der Waals surface area contributed by atoms with Crippen LogP contribution in [0.25, 0.3) is 0 Å². The van der Waals surface area contributed by atoms with Gasteiger partial charge in [-0.25, -0.2) is 0 Å². The number of hydrogen-bond donors (Lipinski definition) is 3. The number of carbonyl (C=O) groups excluding carboxylic acids is 2.